The molecule has 0 aliphatic rings. The molecule has 2 rings (SSSR count). The van der Waals surface area contributed by atoms with Crippen LogP contribution in [0, 0.1) is 6.92 Å². The molecule has 1 amide bonds. The van der Waals surface area contributed by atoms with Gasteiger partial charge in [-0.05, 0) is 36.8 Å². The Hall–Kier alpha value is -2.42. The molecule has 2 aromatic carbocycles. The van der Waals surface area contributed by atoms with Crippen molar-refractivity contribution in [1.29, 1.82) is 0 Å². The van der Waals surface area contributed by atoms with Crippen LogP contribution in [0.2, 0.25) is 5.02 Å². The summed E-state index contributed by atoms with van der Waals surface area (Å²) in [6, 6.07) is 12.8. The van der Waals surface area contributed by atoms with Gasteiger partial charge in [0.2, 0.25) is 10.0 Å². The fourth-order valence-corrected chi connectivity index (χ4v) is 3.29. The molecule has 144 valence electrons. The number of rotatable bonds is 8. The van der Waals surface area contributed by atoms with Gasteiger partial charge in [-0.2, -0.15) is 0 Å². The van der Waals surface area contributed by atoms with E-state index in [1.807, 2.05) is 6.92 Å². The van der Waals surface area contributed by atoms with Crippen LogP contribution in [-0.2, 0) is 24.3 Å². The number of hydrogen-bond donors (Lipinski definition) is 2. The van der Waals surface area contributed by atoms with Crippen molar-refractivity contribution in [2.24, 2.45) is 0 Å². The molecule has 0 spiro atoms. The van der Waals surface area contributed by atoms with Crippen molar-refractivity contribution in [3.05, 3.63) is 59.1 Å². The summed E-state index contributed by atoms with van der Waals surface area (Å²) < 4.78 is 31.1. The van der Waals surface area contributed by atoms with Crippen molar-refractivity contribution in [2.75, 3.05) is 18.5 Å². The Balaban J connectivity index is 1.73. The largest absolute Gasteiger partial charge is 0.456 e. The predicted octanol–water partition coefficient (Wildman–Crippen LogP) is 2.50. The molecule has 0 unspecified atom stereocenters. The zero-order valence-corrected chi connectivity index (χ0v) is 16.1. The van der Waals surface area contributed by atoms with Crippen LogP contribution < -0.4 is 10.0 Å². The van der Waals surface area contributed by atoms with E-state index in [1.165, 1.54) is 12.1 Å². The second-order valence-corrected chi connectivity index (χ2v) is 7.81. The fourth-order valence-electron chi connectivity index (χ4n) is 2.06. The van der Waals surface area contributed by atoms with Crippen molar-refractivity contribution in [3.8, 4) is 0 Å². The lowest BCUT2D eigenvalue weighted by Gasteiger charge is -2.08. The van der Waals surface area contributed by atoms with Gasteiger partial charge in [0.05, 0.1) is 11.3 Å². The Morgan fingerprint density at radius 2 is 1.81 bits per heavy atom. The Labute approximate surface area is 162 Å². The number of anilines is 1. The number of ether oxygens (including phenoxy) is 1. The van der Waals surface area contributed by atoms with Gasteiger partial charge in [0.25, 0.3) is 5.91 Å². The second kappa shape index (κ2) is 9.50. The highest BCUT2D eigenvalue weighted by Gasteiger charge is 2.14. The molecule has 0 atom stereocenters. The molecule has 0 saturated carbocycles. The van der Waals surface area contributed by atoms with Gasteiger partial charge in [0.1, 0.15) is 0 Å². The van der Waals surface area contributed by atoms with Crippen LogP contribution in [-0.4, -0.2) is 33.4 Å². The van der Waals surface area contributed by atoms with E-state index in [1.54, 1.807) is 36.4 Å². The monoisotopic (exact) mass is 410 g/mol. The molecule has 0 aliphatic carbocycles. The van der Waals surface area contributed by atoms with Crippen LogP contribution in [0.3, 0.4) is 0 Å². The number of carbonyl (C=O) groups excluding carboxylic acids is 2. The van der Waals surface area contributed by atoms with Gasteiger partial charge in [-0.15, -0.1) is 0 Å². The molecule has 2 aromatic rings. The van der Waals surface area contributed by atoms with E-state index in [0.717, 1.165) is 5.56 Å². The highest BCUT2D eigenvalue weighted by Crippen LogP contribution is 2.19. The quantitative estimate of drug-likeness (QED) is 0.651. The highest BCUT2D eigenvalue weighted by atomic mass is 35.5. The highest BCUT2D eigenvalue weighted by molar-refractivity contribution is 7.89. The first-order valence-electron chi connectivity index (χ1n) is 8.04. The van der Waals surface area contributed by atoms with Crippen LogP contribution in [0.5, 0.6) is 0 Å². The fraction of sp³-hybridized carbons (Fsp3) is 0.222. The molecule has 9 heteroatoms. The molecular formula is C18H19ClN2O5S. The van der Waals surface area contributed by atoms with E-state index in [4.69, 9.17) is 16.3 Å². The van der Waals surface area contributed by atoms with Crippen LogP contribution in [0.15, 0.2) is 53.4 Å². The van der Waals surface area contributed by atoms with Crippen LogP contribution in [0.4, 0.5) is 5.69 Å². The number of nitrogens with one attached hydrogen (secondary N) is 2. The maximum Gasteiger partial charge on any atom is 0.307 e. The average Bonchev–Trinajstić information content (AvgIpc) is 2.64. The molecule has 0 aliphatic heterocycles. The van der Waals surface area contributed by atoms with Crippen molar-refractivity contribution < 1.29 is 22.7 Å². The number of hydrogen-bond acceptors (Lipinski definition) is 5. The third-order valence-corrected chi connectivity index (χ3v) is 5.38. The molecule has 0 bridgehead atoms. The van der Waals surface area contributed by atoms with E-state index in [0.29, 0.717) is 10.7 Å². The lowest BCUT2D eigenvalue weighted by atomic mass is 10.2. The lowest BCUT2D eigenvalue weighted by Crippen LogP contribution is -2.27. The molecule has 2 N–H and O–H groups in total. The molecule has 7 nitrogen and oxygen atoms in total. The molecule has 0 heterocycles. The molecule has 0 radical (unpaired) electrons. The molecule has 0 saturated heterocycles. The zero-order valence-electron chi connectivity index (χ0n) is 14.6. The molecule has 0 fully saturated rings. The first-order chi connectivity index (χ1) is 12.8. The normalized spacial score (nSPS) is 11.0. The van der Waals surface area contributed by atoms with Gasteiger partial charge in [-0.3, -0.25) is 9.59 Å². The SMILES string of the molecule is Cc1ccc(NC(=O)COC(=O)CCNS(=O)(=O)c2ccccc2)cc1Cl. The lowest BCUT2D eigenvalue weighted by molar-refractivity contribution is -0.147. The minimum atomic E-state index is -3.69. The topological polar surface area (TPSA) is 102 Å². The van der Waals surface area contributed by atoms with Crippen molar-refractivity contribution >= 4 is 39.2 Å². The maximum atomic E-state index is 12.0. The minimum absolute atomic E-state index is 0.106. The molecule has 0 aromatic heterocycles. The zero-order chi connectivity index (χ0) is 19.9. The summed E-state index contributed by atoms with van der Waals surface area (Å²) in [5.74, 6) is -1.21. The standard InChI is InChI=1S/C18H19ClN2O5S/c1-13-7-8-14(11-16(13)19)21-17(22)12-26-18(23)9-10-20-27(24,25)15-5-3-2-4-6-15/h2-8,11,20H,9-10,12H2,1H3,(H,21,22). The minimum Gasteiger partial charge on any atom is -0.456 e. The number of benzene rings is 2. The van der Waals surface area contributed by atoms with Crippen molar-refractivity contribution in [1.82, 2.24) is 4.72 Å². The first-order valence-corrected chi connectivity index (χ1v) is 9.90. The maximum absolute atomic E-state index is 12.0. The van der Waals surface area contributed by atoms with Gasteiger partial charge in [0.15, 0.2) is 6.61 Å². The third kappa shape index (κ3) is 6.67. The van der Waals surface area contributed by atoms with Crippen molar-refractivity contribution in [3.63, 3.8) is 0 Å². The first kappa shape index (κ1) is 20.9. The Bertz CT molecular complexity index is 917. The van der Waals surface area contributed by atoms with E-state index in [2.05, 4.69) is 10.0 Å². The summed E-state index contributed by atoms with van der Waals surface area (Å²) >= 11 is 5.97. The summed E-state index contributed by atoms with van der Waals surface area (Å²) in [6.07, 6.45) is -0.199. The van der Waals surface area contributed by atoms with E-state index >= 15 is 0 Å². The second-order valence-electron chi connectivity index (χ2n) is 5.63. The Kier molecular flexibility index (Phi) is 7.35. The number of esters is 1. The van der Waals surface area contributed by atoms with Gasteiger partial charge in [-0.1, -0.05) is 35.9 Å². The number of sulfonamides is 1. The number of carbonyl (C=O) groups is 2. The Morgan fingerprint density at radius 3 is 2.48 bits per heavy atom. The van der Waals surface area contributed by atoms with E-state index < -0.39 is 28.5 Å². The van der Waals surface area contributed by atoms with Crippen LogP contribution in [0.25, 0.3) is 0 Å². The number of amides is 1. The Morgan fingerprint density at radius 1 is 1.11 bits per heavy atom. The molecular weight excluding hydrogens is 392 g/mol. The average molecular weight is 411 g/mol. The van der Waals surface area contributed by atoms with E-state index in [9.17, 15) is 18.0 Å². The summed E-state index contributed by atoms with van der Waals surface area (Å²) in [5.41, 5.74) is 1.36. The van der Waals surface area contributed by atoms with Crippen molar-refractivity contribution in [2.45, 2.75) is 18.2 Å². The third-order valence-electron chi connectivity index (χ3n) is 3.49. The summed E-state index contributed by atoms with van der Waals surface area (Å²) in [5, 5.41) is 3.06. The number of aryl methyl sites for hydroxylation is 1. The van der Waals surface area contributed by atoms with Gasteiger partial charge < -0.3 is 10.1 Å². The van der Waals surface area contributed by atoms with Crippen LogP contribution in [0.1, 0.15) is 12.0 Å². The van der Waals surface area contributed by atoms with Gasteiger partial charge in [-0.25, -0.2) is 13.1 Å². The van der Waals surface area contributed by atoms with Gasteiger partial charge in [0, 0.05) is 17.3 Å². The van der Waals surface area contributed by atoms with Gasteiger partial charge >= 0.3 is 5.97 Å². The smallest absolute Gasteiger partial charge is 0.307 e. The predicted molar refractivity (Wildman–Crippen MR) is 102 cm³/mol. The molecule has 27 heavy (non-hydrogen) atoms. The number of halogens is 1. The van der Waals surface area contributed by atoms with Crippen LogP contribution >= 0.6 is 11.6 Å². The summed E-state index contributed by atoms with van der Waals surface area (Å²) in [6.45, 7) is 1.22. The summed E-state index contributed by atoms with van der Waals surface area (Å²) in [7, 11) is -3.69. The van der Waals surface area contributed by atoms with E-state index in [-0.39, 0.29) is 17.9 Å². The summed E-state index contributed by atoms with van der Waals surface area (Å²) in [4.78, 5) is 23.6.